The highest BCUT2D eigenvalue weighted by molar-refractivity contribution is 5.44. The molecule has 1 aromatic carbocycles. The molecule has 1 fully saturated rings. The molecule has 1 aromatic rings. The van der Waals surface area contributed by atoms with Gasteiger partial charge in [-0.2, -0.15) is 0 Å². The molecule has 19 heavy (non-hydrogen) atoms. The first-order chi connectivity index (χ1) is 8.82. The molecule has 2 rings (SSSR count). The van der Waals surface area contributed by atoms with Crippen LogP contribution in [-0.2, 0) is 11.0 Å². The van der Waals surface area contributed by atoms with Gasteiger partial charge in [0.2, 0.25) is 0 Å². The number of hydrogen-bond donors (Lipinski definition) is 2. The van der Waals surface area contributed by atoms with E-state index in [1.54, 1.807) is 7.11 Å². The van der Waals surface area contributed by atoms with Gasteiger partial charge >= 0.3 is 0 Å². The number of benzene rings is 1. The number of nitrogens with two attached hydrogens (primary N) is 1. The van der Waals surface area contributed by atoms with Crippen LogP contribution < -0.4 is 10.5 Å². The molecule has 0 bridgehead atoms. The number of methoxy groups -OCH3 is 1. The van der Waals surface area contributed by atoms with Crippen LogP contribution in [-0.4, -0.2) is 18.8 Å². The van der Waals surface area contributed by atoms with E-state index in [0.717, 1.165) is 24.2 Å². The van der Waals surface area contributed by atoms with Crippen molar-refractivity contribution in [2.45, 2.75) is 44.6 Å². The maximum absolute atomic E-state index is 10.9. The number of rotatable bonds is 4. The molecule has 1 aliphatic carbocycles. The topological polar surface area (TPSA) is 55.5 Å². The van der Waals surface area contributed by atoms with Gasteiger partial charge in [-0.3, -0.25) is 0 Å². The Morgan fingerprint density at radius 3 is 2.37 bits per heavy atom. The molecule has 3 heteroatoms. The third-order valence-corrected chi connectivity index (χ3v) is 4.10. The lowest BCUT2D eigenvalue weighted by Crippen LogP contribution is -2.37. The Bertz CT molecular complexity index is 460. The summed E-state index contributed by atoms with van der Waals surface area (Å²) in [6.45, 7) is 6.73. The van der Waals surface area contributed by atoms with Gasteiger partial charge in [-0.25, -0.2) is 0 Å². The Morgan fingerprint density at radius 1 is 1.32 bits per heavy atom. The van der Waals surface area contributed by atoms with Crippen molar-refractivity contribution in [3.8, 4) is 5.75 Å². The normalized spacial score (nSPS) is 19.1. The monoisotopic (exact) mass is 263 g/mol. The zero-order valence-electron chi connectivity index (χ0n) is 12.4. The minimum absolute atomic E-state index is 0.0417. The highest BCUT2D eigenvalue weighted by Crippen LogP contribution is 2.48. The lowest BCUT2D eigenvalue weighted by Gasteiger charge is -2.31. The van der Waals surface area contributed by atoms with Crippen molar-refractivity contribution in [3.63, 3.8) is 0 Å². The largest absolute Gasteiger partial charge is 0.496 e. The van der Waals surface area contributed by atoms with Crippen LogP contribution in [0.2, 0.25) is 0 Å². The van der Waals surface area contributed by atoms with E-state index in [-0.39, 0.29) is 17.9 Å². The standard InChI is InChI=1S/C16H25NO2/c1-15(2,3)12-7-8-14(19-4)13(9-12)16(18,10-17)11-5-6-11/h7-9,11,18H,5-6,10,17H2,1-4H3. The smallest absolute Gasteiger partial charge is 0.125 e. The van der Waals surface area contributed by atoms with E-state index in [4.69, 9.17) is 10.5 Å². The predicted molar refractivity (Wildman–Crippen MR) is 77.4 cm³/mol. The van der Waals surface area contributed by atoms with E-state index >= 15 is 0 Å². The summed E-state index contributed by atoms with van der Waals surface area (Å²) >= 11 is 0. The Balaban J connectivity index is 2.52. The molecule has 0 aliphatic heterocycles. The van der Waals surface area contributed by atoms with Crippen molar-refractivity contribution in [2.75, 3.05) is 13.7 Å². The Morgan fingerprint density at radius 2 is 1.95 bits per heavy atom. The van der Waals surface area contributed by atoms with Crippen molar-refractivity contribution in [1.29, 1.82) is 0 Å². The van der Waals surface area contributed by atoms with Crippen LogP contribution >= 0.6 is 0 Å². The molecule has 3 N–H and O–H groups in total. The summed E-state index contributed by atoms with van der Waals surface area (Å²) in [7, 11) is 1.64. The summed E-state index contributed by atoms with van der Waals surface area (Å²) in [5.41, 5.74) is 6.98. The van der Waals surface area contributed by atoms with E-state index in [1.165, 1.54) is 5.56 Å². The van der Waals surface area contributed by atoms with Crippen molar-refractivity contribution in [3.05, 3.63) is 29.3 Å². The zero-order chi connectivity index (χ0) is 14.3. The van der Waals surface area contributed by atoms with Crippen molar-refractivity contribution >= 4 is 0 Å². The molecular formula is C16H25NO2. The third-order valence-electron chi connectivity index (χ3n) is 4.10. The SMILES string of the molecule is COc1ccc(C(C)(C)C)cc1C(O)(CN)C1CC1. The molecule has 1 atom stereocenters. The van der Waals surface area contributed by atoms with Crippen molar-refractivity contribution in [2.24, 2.45) is 11.7 Å². The van der Waals surface area contributed by atoms with Gasteiger partial charge in [0.1, 0.15) is 11.4 Å². The molecule has 1 aliphatic rings. The van der Waals surface area contributed by atoms with Crippen LogP contribution in [0.25, 0.3) is 0 Å². The summed E-state index contributed by atoms with van der Waals surface area (Å²) in [4.78, 5) is 0. The highest BCUT2D eigenvalue weighted by Gasteiger charge is 2.45. The first-order valence-corrected chi connectivity index (χ1v) is 6.94. The number of hydrogen-bond acceptors (Lipinski definition) is 3. The second kappa shape index (κ2) is 4.80. The van der Waals surface area contributed by atoms with E-state index in [0.29, 0.717) is 0 Å². The number of aliphatic hydroxyl groups is 1. The van der Waals surface area contributed by atoms with E-state index in [9.17, 15) is 5.11 Å². The van der Waals surface area contributed by atoms with Crippen LogP contribution in [0, 0.1) is 5.92 Å². The fraction of sp³-hybridized carbons (Fsp3) is 0.625. The molecule has 0 heterocycles. The fourth-order valence-corrected chi connectivity index (χ4v) is 2.57. The average Bonchev–Trinajstić information content (AvgIpc) is 3.20. The lowest BCUT2D eigenvalue weighted by atomic mass is 9.81. The van der Waals surface area contributed by atoms with Crippen LogP contribution in [0.4, 0.5) is 0 Å². The minimum atomic E-state index is -0.952. The van der Waals surface area contributed by atoms with Gasteiger partial charge in [-0.15, -0.1) is 0 Å². The summed E-state index contributed by atoms with van der Waals surface area (Å²) in [6.07, 6.45) is 2.08. The molecule has 0 amide bonds. The zero-order valence-corrected chi connectivity index (χ0v) is 12.4. The fourth-order valence-electron chi connectivity index (χ4n) is 2.57. The second-order valence-electron chi connectivity index (χ2n) is 6.57. The van der Waals surface area contributed by atoms with Gasteiger partial charge in [0.05, 0.1) is 7.11 Å². The van der Waals surface area contributed by atoms with E-state index in [1.807, 2.05) is 6.07 Å². The van der Waals surface area contributed by atoms with E-state index < -0.39 is 5.60 Å². The maximum Gasteiger partial charge on any atom is 0.125 e. The third kappa shape index (κ3) is 2.63. The van der Waals surface area contributed by atoms with Gasteiger partial charge < -0.3 is 15.6 Å². The van der Waals surface area contributed by atoms with Gasteiger partial charge in [0, 0.05) is 12.1 Å². The van der Waals surface area contributed by atoms with Crippen LogP contribution in [0.1, 0.15) is 44.7 Å². The summed E-state index contributed by atoms with van der Waals surface area (Å²) in [5.74, 6) is 0.995. The molecule has 0 aromatic heterocycles. The number of ether oxygens (including phenoxy) is 1. The van der Waals surface area contributed by atoms with Gasteiger partial charge in [-0.1, -0.05) is 26.8 Å². The lowest BCUT2D eigenvalue weighted by molar-refractivity contribution is 0.0198. The minimum Gasteiger partial charge on any atom is -0.496 e. The summed E-state index contributed by atoms with van der Waals surface area (Å²) in [6, 6.07) is 6.06. The second-order valence-corrected chi connectivity index (χ2v) is 6.57. The Hall–Kier alpha value is -1.06. The van der Waals surface area contributed by atoms with Gasteiger partial charge in [-0.05, 0) is 41.9 Å². The molecule has 1 saturated carbocycles. The van der Waals surface area contributed by atoms with Crippen LogP contribution in [0.15, 0.2) is 18.2 Å². The van der Waals surface area contributed by atoms with Crippen molar-refractivity contribution in [1.82, 2.24) is 0 Å². The van der Waals surface area contributed by atoms with Crippen LogP contribution in [0.3, 0.4) is 0 Å². The van der Waals surface area contributed by atoms with Crippen LogP contribution in [0.5, 0.6) is 5.75 Å². The molecule has 0 spiro atoms. The first-order valence-electron chi connectivity index (χ1n) is 6.94. The molecule has 0 saturated heterocycles. The van der Waals surface area contributed by atoms with E-state index in [2.05, 4.69) is 32.9 Å². The molecule has 1 unspecified atom stereocenters. The van der Waals surface area contributed by atoms with Gasteiger partial charge in [0.25, 0.3) is 0 Å². The maximum atomic E-state index is 10.9. The summed E-state index contributed by atoms with van der Waals surface area (Å²) in [5, 5.41) is 10.9. The molecule has 3 nitrogen and oxygen atoms in total. The van der Waals surface area contributed by atoms with Gasteiger partial charge in [0.15, 0.2) is 0 Å². The quantitative estimate of drug-likeness (QED) is 0.877. The average molecular weight is 263 g/mol. The summed E-state index contributed by atoms with van der Waals surface area (Å²) < 4.78 is 5.42. The Kier molecular flexibility index (Phi) is 3.63. The molecule has 106 valence electrons. The Labute approximate surface area is 115 Å². The molecule has 0 radical (unpaired) electrons. The predicted octanol–water partition coefficient (Wildman–Crippen LogP) is 2.55. The highest BCUT2D eigenvalue weighted by atomic mass is 16.5. The molecular weight excluding hydrogens is 238 g/mol. The van der Waals surface area contributed by atoms with Crippen molar-refractivity contribution < 1.29 is 9.84 Å². The first kappa shape index (κ1) is 14.4.